The van der Waals surface area contributed by atoms with Gasteiger partial charge in [0.05, 0.1) is 24.4 Å². The Labute approximate surface area is 98.8 Å². The van der Waals surface area contributed by atoms with E-state index in [1.165, 1.54) is 6.20 Å². The van der Waals surface area contributed by atoms with Crippen LogP contribution >= 0.6 is 0 Å². The Hall–Kier alpha value is -1.12. The van der Waals surface area contributed by atoms with Crippen molar-refractivity contribution in [3.8, 4) is 0 Å². The molecule has 7 nitrogen and oxygen atoms in total. The van der Waals surface area contributed by atoms with Crippen LogP contribution < -0.4 is 10.5 Å². The number of aromatic amines is 1. The van der Waals surface area contributed by atoms with Gasteiger partial charge in [0.1, 0.15) is 10.7 Å². The van der Waals surface area contributed by atoms with E-state index in [0.717, 1.165) is 19.3 Å². The minimum absolute atomic E-state index is 0.000253. The Kier molecular flexibility index (Phi) is 2.39. The minimum atomic E-state index is -3.60. The van der Waals surface area contributed by atoms with Crippen molar-refractivity contribution in [1.82, 2.24) is 14.9 Å². The predicted octanol–water partition coefficient (Wildman–Crippen LogP) is -0.410. The van der Waals surface area contributed by atoms with Gasteiger partial charge in [0.2, 0.25) is 10.0 Å². The molecule has 3 atom stereocenters. The largest absolute Gasteiger partial charge is 0.383 e. The third-order valence-corrected chi connectivity index (χ3v) is 4.85. The van der Waals surface area contributed by atoms with Crippen LogP contribution in [0.3, 0.4) is 0 Å². The van der Waals surface area contributed by atoms with E-state index < -0.39 is 10.0 Å². The number of fused-ring (bicyclic) bond motifs is 2. The Morgan fingerprint density at radius 1 is 1.53 bits per heavy atom. The number of ether oxygens (including phenoxy) is 1. The van der Waals surface area contributed by atoms with Crippen LogP contribution in [0.4, 0.5) is 5.82 Å². The zero-order valence-electron chi connectivity index (χ0n) is 9.09. The molecular formula is C9H14N4O3S. The molecule has 2 bridgehead atoms. The number of nitrogens with two attached hydrogens (primary N) is 1. The van der Waals surface area contributed by atoms with E-state index in [9.17, 15) is 8.42 Å². The number of hydrogen-bond acceptors (Lipinski definition) is 5. The van der Waals surface area contributed by atoms with Crippen LogP contribution in [0.25, 0.3) is 0 Å². The number of hydrogen-bond donors (Lipinski definition) is 3. The summed E-state index contributed by atoms with van der Waals surface area (Å²) in [5, 5.41) is 6.02. The number of nitrogens with one attached hydrogen (secondary N) is 2. The SMILES string of the molecule is Nc1[nH]ncc1S(=O)(=O)NC1CC2CCC1O2. The van der Waals surface area contributed by atoms with Gasteiger partial charge in [0, 0.05) is 0 Å². The van der Waals surface area contributed by atoms with E-state index in [0.29, 0.717) is 0 Å². The van der Waals surface area contributed by atoms with Gasteiger partial charge in [-0.05, 0) is 19.3 Å². The van der Waals surface area contributed by atoms with Gasteiger partial charge in [-0.1, -0.05) is 0 Å². The highest BCUT2D eigenvalue weighted by molar-refractivity contribution is 7.89. The van der Waals surface area contributed by atoms with Gasteiger partial charge in [0.15, 0.2) is 0 Å². The summed E-state index contributed by atoms with van der Waals surface area (Å²) in [5.74, 6) is 0.0570. The first-order valence-electron chi connectivity index (χ1n) is 5.53. The number of rotatable bonds is 3. The molecule has 2 saturated heterocycles. The maximum absolute atomic E-state index is 12.0. The van der Waals surface area contributed by atoms with Gasteiger partial charge < -0.3 is 10.5 Å². The van der Waals surface area contributed by atoms with Gasteiger partial charge >= 0.3 is 0 Å². The van der Waals surface area contributed by atoms with Crippen LogP contribution in [0, 0.1) is 0 Å². The molecule has 0 spiro atoms. The lowest BCUT2D eigenvalue weighted by Crippen LogP contribution is -2.41. The molecule has 1 aromatic heterocycles. The predicted molar refractivity (Wildman–Crippen MR) is 59.6 cm³/mol. The molecule has 1 aromatic rings. The second kappa shape index (κ2) is 3.69. The average Bonchev–Trinajstić information content (AvgIpc) is 2.92. The summed E-state index contributed by atoms with van der Waals surface area (Å²) >= 11 is 0. The van der Waals surface area contributed by atoms with Crippen LogP contribution in [-0.2, 0) is 14.8 Å². The van der Waals surface area contributed by atoms with E-state index in [-0.39, 0.29) is 29.0 Å². The van der Waals surface area contributed by atoms with Crippen molar-refractivity contribution in [2.24, 2.45) is 0 Å². The van der Waals surface area contributed by atoms with Gasteiger partial charge in [-0.2, -0.15) is 5.10 Å². The van der Waals surface area contributed by atoms with Crippen molar-refractivity contribution >= 4 is 15.8 Å². The van der Waals surface area contributed by atoms with Crippen molar-refractivity contribution in [3.63, 3.8) is 0 Å². The molecule has 8 heteroatoms. The van der Waals surface area contributed by atoms with Crippen LogP contribution in [0.15, 0.2) is 11.1 Å². The molecule has 0 saturated carbocycles. The highest BCUT2D eigenvalue weighted by Gasteiger charge is 2.42. The molecule has 3 rings (SSSR count). The lowest BCUT2D eigenvalue weighted by atomic mass is 9.96. The Balaban J connectivity index is 1.79. The lowest BCUT2D eigenvalue weighted by Gasteiger charge is -2.19. The first-order chi connectivity index (χ1) is 8.06. The van der Waals surface area contributed by atoms with Crippen LogP contribution in [0.5, 0.6) is 0 Å². The summed E-state index contributed by atoms with van der Waals surface area (Å²) in [6.45, 7) is 0. The maximum atomic E-state index is 12.0. The standard InChI is InChI=1S/C9H14N4O3S/c10-9-8(4-11-12-9)17(14,15)13-6-3-5-1-2-7(6)16-5/h4-7,13H,1-3H2,(H3,10,11,12). The molecule has 4 N–H and O–H groups in total. The number of nitrogen functional groups attached to an aromatic ring is 1. The Morgan fingerprint density at radius 2 is 2.35 bits per heavy atom. The van der Waals surface area contributed by atoms with Crippen LogP contribution in [0.1, 0.15) is 19.3 Å². The van der Waals surface area contributed by atoms with E-state index in [1.54, 1.807) is 0 Å². The zero-order valence-corrected chi connectivity index (χ0v) is 9.90. The number of aromatic nitrogens is 2. The molecule has 0 aromatic carbocycles. The molecule has 94 valence electrons. The first-order valence-corrected chi connectivity index (χ1v) is 7.01. The summed E-state index contributed by atoms with van der Waals surface area (Å²) in [4.78, 5) is 0.000253. The normalized spacial score (nSPS) is 32.1. The highest BCUT2D eigenvalue weighted by atomic mass is 32.2. The van der Waals surface area contributed by atoms with Crippen LogP contribution in [0.2, 0.25) is 0 Å². The van der Waals surface area contributed by atoms with Crippen molar-refractivity contribution in [1.29, 1.82) is 0 Å². The van der Waals surface area contributed by atoms with Gasteiger partial charge in [0.25, 0.3) is 0 Å². The molecule has 2 aliphatic rings. The summed E-state index contributed by atoms with van der Waals surface area (Å²) in [7, 11) is -3.60. The molecule has 17 heavy (non-hydrogen) atoms. The second-order valence-electron chi connectivity index (χ2n) is 4.49. The molecule has 3 heterocycles. The third kappa shape index (κ3) is 1.81. The summed E-state index contributed by atoms with van der Waals surface area (Å²) in [5.41, 5.74) is 5.51. The second-order valence-corrected chi connectivity index (χ2v) is 6.17. The quantitative estimate of drug-likeness (QED) is 0.682. The summed E-state index contributed by atoms with van der Waals surface area (Å²) in [6.07, 6.45) is 4.10. The molecule has 0 amide bonds. The fraction of sp³-hybridized carbons (Fsp3) is 0.667. The Bertz CT molecular complexity index is 526. The Morgan fingerprint density at radius 3 is 2.88 bits per heavy atom. The zero-order chi connectivity index (χ0) is 12.0. The summed E-state index contributed by atoms with van der Waals surface area (Å²) < 4.78 is 32.3. The van der Waals surface area contributed by atoms with E-state index in [1.807, 2.05) is 0 Å². The van der Waals surface area contributed by atoms with Gasteiger partial charge in [-0.3, -0.25) is 5.10 Å². The van der Waals surface area contributed by atoms with Crippen molar-refractivity contribution < 1.29 is 13.2 Å². The lowest BCUT2D eigenvalue weighted by molar-refractivity contribution is 0.0996. The highest BCUT2D eigenvalue weighted by Crippen LogP contribution is 2.35. The molecule has 0 aliphatic carbocycles. The van der Waals surface area contributed by atoms with E-state index in [4.69, 9.17) is 10.5 Å². The van der Waals surface area contributed by atoms with Gasteiger partial charge in [-0.25, -0.2) is 13.1 Å². The maximum Gasteiger partial charge on any atom is 0.246 e. The van der Waals surface area contributed by atoms with Crippen molar-refractivity contribution in [2.75, 3.05) is 5.73 Å². The number of anilines is 1. The minimum Gasteiger partial charge on any atom is -0.383 e. The fourth-order valence-corrected chi connectivity index (χ4v) is 3.82. The average molecular weight is 258 g/mol. The first kappa shape index (κ1) is 11.0. The van der Waals surface area contributed by atoms with Gasteiger partial charge in [-0.15, -0.1) is 0 Å². The third-order valence-electron chi connectivity index (χ3n) is 3.33. The molecule has 2 aliphatic heterocycles. The number of nitrogens with zero attached hydrogens (tertiary/aromatic N) is 1. The summed E-state index contributed by atoms with van der Waals surface area (Å²) in [6, 6.07) is -0.145. The number of sulfonamides is 1. The van der Waals surface area contributed by atoms with E-state index >= 15 is 0 Å². The molecule has 0 radical (unpaired) electrons. The fourth-order valence-electron chi connectivity index (χ4n) is 2.52. The molecule has 2 fully saturated rings. The number of H-pyrrole nitrogens is 1. The topological polar surface area (TPSA) is 110 Å². The van der Waals surface area contributed by atoms with Crippen molar-refractivity contribution in [2.45, 2.75) is 42.4 Å². The smallest absolute Gasteiger partial charge is 0.246 e. The van der Waals surface area contributed by atoms with E-state index in [2.05, 4.69) is 14.9 Å². The van der Waals surface area contributed by atoms with Crippen molar-refractivity contribution in [3.05, 3.63) is 6.20 Å². The molecule has 3 unspecified atom stereocenters. The monoisotopic (exact) mass is 258 g/mol. The molecular weight excluding hydrogens is 244 g/mol. The van der Waals surface area contributed by atoms with Crippen LogP contribution in [-0.4, -0.2) is 36.9 Å².